The number of aromatic nitrogens is 1. The number of hydrogen-bond donors (Lipinski definition) is 0. The van der Waals surface area contributed by atoms with Gasteiger partial charge in [0.15, 0.2) is 6.20 Å². The first-order chi connectivity index (χ1) is 12.0. The van der Waals surface area contributed by atoms with E-state index in [0.717, 1.165) is 19.6 Å². The number of benzene rings is 1. The summed E-state index contributed by atoms with van der Waals surface area (Å²) in [6.07, 6.45) is 2.61. The number of methoxy groups -OCH3 is 1. The highest BCUT2D eigenvalue weighted by molar-refractivity contribution is 6.28. The molecule has 1 aromatic heterocycles. The molecule has 1 aliphatic heterocycles. The molecule has 6 heteroatoms. The molecule has 5 nitrogen and oxygen atoms in total. The van der Waals surface area contributed by atoms with E-state index < -0.39 is 5.41 Å². The van der Waals surface area contributed by atoms with Crippen LogP contribution >= 0.6 is 11.6 Å². The van der Waals surface area contributed by atoms with E-state index in [0.29, 0.717) is 23.1 Å². The van der Waals surface area contributed by atoms with Crippen LogP contribution in [-0.2, 0) is 21.5 Å². The highest BCUT2D eigenvalue weighted by atomic mass is 35.5. The fourth-order valence-corrected chi connectivity index (χ4v) is 3.60. The Labute approximate surface area is 152 Å². The van der Waals surface area contributed by atoms with Crippen LogP contribution in [0.4, 0.5) is 0 Å². The average Bonchev–Trinajstić information content (AvgIpc) is 2.65. The normalized spacial score (nSPS) is 17.2. The van der Waals surface area contributed by atoms with E-state index in [4.69, 9.17) is 16.3 Å². The van der Waals surface area contributed by atoms with Gasteiger partial charge in [-0.2, -0.15) is 4.73 Å². The predicted octanol–water partition coefficient (Wildman–Crippen LogP) is 2.68. The third-order valence-electron chi connectivity index (χ3n) is 4.95. The first kappa shape index (κ1) is 17.7. The van der Waals surface area contributed by atoms with Crippen LogP contribution < -0.4 is 4.73 Å². The van der Waals surface area contributed by atoms with Crippen LogP contribution in [0.5, 0.6) is 0 Å². The summed E-state index contributed by atoms with van der Waals surface area (Å²) in [6.45, 7) is 2.36. The van der Waals surface area contributed by atoms with Crippen LogP contribution in [0, 0.1) is 5.21 Å². The molecule has 2 aromatic rings. The number of halogens is 1. The van der Waals surface area contributed by atoms with Crippen molar-refractivity contribution in [3.8, 4) is 0 Å². The van der Waals surface area contributed by atoms with Gasteiger partial charge in [0.05, 0.1) is 7.11 Å². The number of pyridine rings is 1. The number of rotatable bonds is 4. The Morgan fingerprint density at radius 3 is 2.52 bits per heavy atom. The molecule has 1 aliphatic rings. The first-order valence-corrected chi connectivity index (χ1v) is 8.67. The quantitative estimate of drug-likeness (QED) is 0.364. The Balaban J connectivity index is 1.80. The van der Waals surface area contributed by atoms with Crippen molar-refractivity contribution >= 4 is 17.6 Å². The van der Waals surface area contributed by atoms with E-state index in [1.54, 1.807) is 6.07 Å². The molecule has 132 valence electrons. The minimum absolute atomic E-state index is 0.0882. The zero-order chi connectivity index (χ0) is 17.9. The second-order valence-corrected chi connectivity index (χ2v) is 6.79. The number of hydrogen-bond acceptors (Lipinski definition) is 4. The number of carbonyl (C=O) groups excluding carboxylic acids is 1. The number of carbonyl (C=O) groups is 1. The number of nitrogens with zero attached hydrogens (tertiary/aromatic N) is 2. The summed E-state index contributed by atoms with van der Waals surface area (Å²) < 4.78 is 5.66. The second kappa shape index (κ2) is 7.42. The number of esters is 1. The Hall–Kier alpha value is -2.11. The molecular formula is C19H21ClN2O3. The maximum Gasteiger partial charge on any atom is 0.316 e. The van der Waals surface area contributed by atoms with Gasteiger partial charge in [-0.25, -0.2) is 0 Å². The van der Waals surface area contributed by atoms with Gasteiger partial charge in [0.1, 0.15) is 5.41 Å². The van der Waals surface area contributed by atoms with E-state index in [2.05, 4.69) is 17.0 Å². The van der Waals surface area contributed by atoms with Gasteiger partial charge in [-0.15, -0.1) is 0 Å². The summed E-state index contributed by atoms with van der Waals surface area (Å²) >= 11 is 5.82. The van der Waals surface area contributed by atoms with Crippen molar-refractivity contribution in [1.29, 1.82) is 0 Å². The molecule has 0 bridgehead atoms. The number of ether oxygens (including phenoxy) is 1. The summed E-state index contributed by atoms with van der Waals surface area (Å²) in [4.78, 5) is 14.9. The zero-order valence-electron chi connectivity index (χ0n) is 14.2. The van der Waals surface area contributed by atoms with Crippen LogP contribution in [0.3, 0.4) is 0 Å². The molecule has 25 heavy (non-hydrogen) atoms. The van der Waals surface area contributed by atoms with Gasteiger partial charge in [-0.05, 0) is 49.2 Å². The highest BCUT2D eigenvalue weighted by Gasteiger charge is 2.45. The minimum Gasteiger partial charge on any atom is -0.618 e. The van der Waals surface area contributed by atoms with Crippen molar-refractivity contribution in [3.63, 3.8) is 0 Å². The van der Waals surface area contributed by atoms with Crippen LogP contribution in [0.2, 0.25) is 5.15 Å². The third-order valence-corrected chi connectivity index (χ3v) is 5.25. The fourth-order valence-electron chi connectivity index (χ4n) is 3.49. The molecule has 0 amide bonds. The van der Waals surface area contributed by atoms with Gasteiger partial charge in [-0.3, -0.25) is 9.69 Å². The molecule has 1 aromatic carbocycles. The van der Waals surface area contributed by atoms with E-state index in [1.807, 2.05) is 18.2 Å². The fraction of sp³-hybridized carbons (Fsp3) is 0.368. The van der Waals surface area contributed by atoms with Gasteiger partial charge in [0.2, 0.25) is 0 Å². The summed E-state index contributed by atoms with van der Waals surface area (Å²) in [7, 11) is 1.39. The van der Waals surface area contributed by atoms with Gasteiger partial charge in [-0.1, -0.05) is 30.3 Å². The molecular weight excluding hydrogens is 340 g/mol. The van der Waals surface area contributed by atoms with Gasteiger partial charge in [0, 0.05) is 18.2 Å². The summed E-state index contributed by atoms with van der Waals surface area (Å²) in [5, 5.41) is 12.0. The summed E-state index contributed by atoms with van der Waals surface area (Å²) in [5.74, 6) is -0.297. The van der Waals surface area contributed by atoms with Crippen molar-refractivity contribution in [2.24, 2.45) is 0 Å². The molecule has 0 N–H and O–H groups in total. The van der Waals surface area contributed by atoms with Crippen molar-refractivity contribution in [2.75, 3.05) is 20.2 Å². The maximum atomic E-state index is 12.6. The average molecular weight is 361 g/mol. The lowest BCUT2D eigenvalue weighted by molar-refractivity contribution is -0.603. The third kappa shape index (κ3) is 3.62. The molecule has 1 fully saturated rings. The lowest BCUT2D eigenvalue weighted by Crippen LogP contribution is -2.48. The molecule has 0 radical (unpaired) electrons. The number of piperidine rings is 1. The summed E-state index contributed by atoms with van der Waals surface area (Å²) in [5.41, 5.74) is 1.12. The molecule has 2 heterocycles. The van der Waals surface area contributed by atoms with Crippen molar-refractivity contribution in [3.05, 3.63) is 70.1 Å². The van der Waals surface area contributed by atoms with Crippen LogP contribution in [0.15, 0.2) is 48.7 Å². The van der Waals surface area contributed by atoms with Gasteiger partial charge >= 0.3 is 5.97 Å². The van der Waals surface area contributed by atoms with Crippen molar-refractivity contribution < 1.29 is 14.3 Å². The monoisotopic (exact) mass is 360 g/mol. The topological polar surface area (TPSA) is 56.5 Å². The molecule has 0 unspecified atom stereocenters. The molecule has 0 atom stereocenters. The lowest BCUT2D eigenvalue weighted by Gasteiger charge is -2.39. The minimum atomic E-state index is -0.793. The number of likely N-dealkylation sites (tertiary alicyclic amines) is 1. The van der Waals surface area contributed by atoms with Crippen molar-refractivity contribution in [2.45, 2.75) is 24.8 Å². The predicted molar refractivity (Wildman–Crippen MR) is 95.1 cm³/mol. The Kier molecular flexibility index (Phi) is 5.25. The highest BCUT2D eigenvalue weighted by Crippen LogP contribution is 2.37. The van der Waals surface area contributed by atoms with Crippen LogP contribution in [0.25, 0.3) is 0 Å². The Morgan fingerprint density at radius 1 is 1.24 bits per heavy atom. The van der Waals surface area contributed by atoms with E-state index in [-0.39, 0.29) is 11.1 Å². The standard InChI is InChI=1S/C19H21ClN2O3/c1-25-18(23)19(16-7-8-17(20)22(24)14-16)9-11-21(12-10-19)13-15-5-3-2-4-6-15/h2-8,14H,9-13H2,1H3. The molecule has 0 spiro atoms. The first-order valence-electron chi connectivity index (χ1n) is 8.29. The van der Waals surface area contributed by atoms with E-state index in [1.165, 1.54) is 24.9 Å². The molecule has 1 saturated heterocycles. The van der Waals surface area contributed by atoms with Crippen LogP contribution in [-0.4, -0.2) is 31.1 Å². The maximum absolute atomic E-state index is 12.6. The Morgan fingerprint density at radius 2 is 1.92 bits per heavy atom. The van der Waals surface area contributed by atoms with Crippen LogP contribution in [0.1, 0.15) is 24.0 Å². The summed E-state index contributed by atoms with van der Waals surface area (Å²) in [6, 6.07) is 13.5. The molecule has 0 aliphatic carbocycles. The van der Waals surface area contributed by atoms with E-state index in [9.17, 15) is 10.0 Å². The SMILES string of the molecule is COC(=O)C1(c2ccc(Cl)[n+]([O-])c2)CCN(Cc2ccccc2)CC1. The molecule has 3 rings (SSSR count). The molecule has 0 saturated carbocycles. The van der Waals surface area contributed by atoms with Crippen molar-refractivity contribution in [1.82, 2.24) is 4.90 Å². The zero-order valence-corrected chi connectivity index (χ0v) is 14.9. The Bertz CT molecular complexity index is 744. The van der Waals surface area contributed by atoms with Gasteiger partial charge in [0.25, 0.3) is 5.15 Å². The second-order valence-electron chi connectivity index (χ2n) is 6.40. The smallest absolute Gasteiger partial charge is 0.316 e. The largest absolute Gasteiger partial charge is 0.618 e. The lowest BCUT2D eigenvalue weighted by atomic mass is 9.73. The van der Waals surface area contributed by atoms with Gasteiger partial charge < -0.3 is 9.94 Å². The van der Waals surface area contributed by atoms with E-state index >= 15 is 0 Å².